The highest BCUT2D eigenvalue weighted by atomic mass is 16.6. The fraction of sp³-hybridized carbons (Fsp3) is 0.222. The molecular weight excluding hydrogens is 310 g/mol. The third-order valence-corrected chi connectivity index (χ3v) is 3.61. The number of phenols is 1. The SMILES string of the molecule is CN(C(=O)OCc1ccccc1)[C@@H](Cc1ccc(O)cc1)C(=O)O. The number of carboxylic acids is 1. The molecule has 0 aliphatic rings. The molecule has 0 unspecified atom stereocenters. The van der Waals surface area contributed by atoms with Gasteiger partial charge in [-0.15, -0.1) is 0 Å². The Hall–Kier alpha value is -3.02. The van der Waals surface area contributed by atoms with Crippen molar-refractivity contribution in [2.75, 3.05) is 7.05 Å². The molecule has 6 heteroatoms. The number of likely N-dealkylation sites (N-methyl/N-ethyl adjacent to an activating group) is 1. The number of benzene rings is 2. The lowest BCUT2D eigenvalue weighted by Crippen LogP contribution is -2.44. The van der Waals surface area contributed by atoms with Gasteiger partial charge in [-0.3, -0.25) is 4.90 Å². The first-order chi connectivity index (χ1) is 11.5. The van der Waals surface area contributed by atoms with Crippen LogP contribution in [0.5, 0.6) is 5.75 Å². The van der Waals surface area contributed by atoms with Crippen molar-refractivity contribution in [1.82, 2.24) is 4.90 Å². The van der Waals surface area contributed by atoms with Gasteiger partial charge in [0.2, 0.25) is 0 Å². The fourth-order valence-electron chi connectivity index (χ4n) is 2.19. The van der Waals surface area contributed by atoms with E-state index in [0.717, 1.165) is 10.5 Å². The zero-order chi connectivity index (χ0) is 17.5. The Balaban J connectivity index is 1.99. The molecule has 1 amide bonds. The predicted octanol–water partition coefficient (Wildman–Crippen LogP) is 2.66. The van der Waals surface area contributed by atoms with Crippen LogP contribution in [0.3, 0.4) is 0 Å². The summed E-state index contributed by atoms with van der Waals surface area (Å²) >= 11 is 0. The average molecular weight is 329 g/mol. The number of carbonyl (C=O) groups is 2. The van der Waals surface area contributed by atoms with Gasteiger partial charge < -0.3 is 14.9 Å². The maximum absolute atomic E-state index is 12.1. The second-order valence-electron chi connectivity index (χ2n) is 5.38. The van der Waals surface area contributed by atoms with Gasteiger partial charge in [-0.25, -0.2) is 9.59 Å². The smallest absolute Gasteiger partial charge is 0.410 e. The molecule has 1 atom stereocenters. The molecule has 0 aliphatic heterocycles. The molecule has 0 fully saturated rings. The van der Waals surface area contributed by atoms with Crippen LogP contribution in [0.15, 0.2) is 54.6 Å². The van der Waals surface area contributed by atoms with Crippen LogP contribution in [0.1, 0.15) is 11.1 Å². The number of hydrogen-bond acceptors (Lipinski definition) is 4. The van der Waals surface area contributed by atoms with Gasteiger partial charge in [0.25, 0.3) is 0 Å². The van der Waals surface area contributed by atoms with E-state index in [4.69, 9.17) is 4.74 Å². The lowest BCUT2D eigenvalue weighted by molar-refractivity contribution is -0.142. The highest BCUT2D eigenvalue weighted by molar-refractivity contribution is 5.80. The van der Waals surface area contributed by atoms with Crippen molar-refractivity contribution in [3.05, 3.63) is 65.7 Å². The van der Waals surface area contributed by atoms with Gasteiger partial charge in [0.15, 0.2) is 0 Å². The van der Waals surface area contributed by atoms with Gasteiger partial charge in [-0.1, -0.05) is 42.5 Å². The molecule has 0 radical (unpaired) electrons. The van der Waals surface area contributed by atoms with Gasteiger partial charge in [-0.2, -0.15) is 0 Å². The van der Waals surface area contributed by atoms with Crippen molar-refractivity contribution in [1.29, 1.82) is 0 Å². The van der Waals surface area contributed by atoms with Crippen molar-refractivity contribution in [2.24, 2.45) is 0 Å². The number of hydrogen-bond donors (Lipinski definition) is 2. The molecule has 6 nitrogen and oxygen atoms in total. The van der Waals surface area contributed by atoms with Crippen LogP contribution in [0.2, 0.25) is 0 Å². The molecule has 2 aromatic rings. The zero-order valence-corrected chi connectivity index (χ0v) is 13.3. The number of aromatic hydroxyl groups is 1. The largest absolute Gasteiger partial charge is 0.508 e. The molecular formula is C18H19NO5. The van der Waals surface area contributed by atoms with E-state index in [1.54, 1.807) is 12.1 Å². The molecule has 2 N–H and O–H groups in total. The monoisotopic (exact) mass is 329 g/mol. The molecule has 24 heavy (non-hydrogen) atoms. The van der Waals surface area contributed by atoms with Gasteiger partial charge in [0, 0.05) is 13.5 Å². The molecule has 0 saturated heterocycles. The molecule has 2 aromatic carbocycles. The van der Waals surface area contributed by atoms with E-state index < -0.39 is 18.1 Å². The minimum absolute atomic E-state index is 0.0789. The highest BCUT2D eigenvalue weighted by Gasteiger charge is 2.27. The fourth-order valence-corrected chi connectivity index (χ4v) is 2.19. The Kier molecular flexibility index (Phi) is 5.78. The van der Waals surface area contributed by atoms with E-state index in [0.29, 0.717) is 5.56 Å². The average Bonchev–Trinajstić information content (AvgIpc) is 2.59. The van der Waals surface area contributed by atoms with E-state index in [-0.39, 0.29) is 18.8 Å². The Morgan fingerprint density at radius 3 is 2.25 bits per heavy atom. The molecule has 0 spiro atoms. The number of amides is 1. The summed E-state index contributed by atoms with van der Waals surface area (Å²) in [5.74, 6) is -1.02. The number of phenolic OH excluding ortho intramolecular Hbond substituents is 1. The number of carbonyl (C=O) groups excluding carboxylic acids is 1. The third kappa shape index (κ3) is 4.74. The number of aliphatic carboxylic acids is 1. The Bertz CT molecular complexity index is 684. The van der Waals surface area contributed by atoms with E-state index >= 15 is 0 Å². The molecule has 0 bridgehead atoms. The van der Waals surface area contributed by atoms with Crippen LogP contribution in [0.25, 0.3) is 0 Å². The third-order valence-electron chi connectivity index (χ3n) is 3.61. The van der Waals surface area contributed by atoms with Crippen LogP contribution in [-0.2, 0) is 22.6 Å². The summed E-state index contributed by atoms with van der Waals surface area (Å²) in [4.78, 5) is 24.7. The second kappa shape index (κ2) is 8.01. The molecule has 2 rings (SSSR count). The number of carboxylic acid groups (broad SMARTS) is 1. The molecule has 0 aromatic heterocycles. The van der Waals surface area contributed by atoms with Crippen LogP contribution >= 0.6 is 0 Å². The molecule has 0 saturated carbocycles. The first-order valence-corrected chi connectivity index (χ1v) is 7.41. The van der Waals surface area contributed by atoms with Crippen molar-refractivity contribution >= 4 is 12.1 Å². The quantitative estimate of drug-likeness (QED) is 0.851. The van der Waals surface area contributed by atoms with E-state index in [9.17, 15) is 19.8 Å². The first-order valence-electron chi connectivity index (χ1n) is 7.41. The van der Waals surface area contributed by atoms with Crippen molar-refractivity contribution in [3.63, 3.8) is 0 Å². The molecule has 0 heterocycles. The first kappa shape index (κ1) is 17.3. The highest BCUT2D eigenvalue weighted by Crippen LogP contribution is 2.14. The summed E-state index contributed by atoms with van der Waals surface area (Å²) in [7, 11) is 1.40. The summed E-state index contributed by atoms with van der Waals surface area (Å²) in [5.41, 5.74) is 1.52. The van der Waals surface area contributed by atoms with Crippen LogP contribution in [0.4, 0.5) is 4.79 Å². The molecule has 126 valence electrons. The Morgan fingerprint density at radius 2 is 1.67 bits per heavy atom. The standard InChI is InChI=1S/C18H19NO5/c1-19(18(23)24-12-14-5-3-2-4-6-14)16(17(21)22)11-13-7-9-15(20)10-8-13/h2-10,16,20H,11-12H2,1H3,(H,21,22)/t16-/m0/s1. The summed E-state index contributed by atoms with van der Waals surface area (Å²) in [6, 6.07) is 14.3. The number of ether oxygens (including phenoxy) is 1. The minimum atomic E-state index is -1.12. The summed E-state index contributed by atoms with van der Waals surface area (Å²) in [5, 5.41) is 18.7. The summed E-state index contributed by atoms with van der Waals surface area (Å²) < 4.78 is 5.16. The number of nitrogens with zero attached hydrogens (tertiary/aromatic N) is 1. The van der Waals surface area contributed by atoms with Crippen molar-refractivity contribution in [2.45, 2.75) is 19.1 Å². The summed E-state index contributed by atoms with van der Waals surface area (Å²) in [6.45, 7) is 0.0789. The van der Waals surface area contributed by atoms with Crippen LogP contribution in [0, 0.1) is 0 Å². The lowest BCUT2D eigenvalue weighted by Gasteiger charge is -2.24. The van der Waals surface area contributed by atoms with Gasteiger partial charge >= 0.3 is 12.1 Å². The summed E-state index contributed by atoms with van der Waals surface area (Å²) in [6.07, 6.45) is -0.586. The maximum Gasteiger partial charge on any atom is 0.410 e. The van der Waals surface area contributed by atoms with Gasteiger partial charge in [0.1, 0.15) is 18.4 Å². The zero-order valence-electron chi connectivity index (χ0n) is 13.3. The Labute approximate surface area is 139 Å². The normalized spacial score (nSPS) is 11.5. The van der Waals surface area contributed by atoms with E-state index in [1.807, 2.05) is 30.3 Å². The maximum atomic E-state index is 12.1. The predicted molar refractivity (Wildman–Crippen MR) is 87.6 cm³/mol. The second-order valence-corrected chi connectivity index (χ2v) is 5.38. The van der Waals surface area contributed by atoms with Crippen molar-refractivity contribution in [3.8, 4) is 5.75 Å². The van der Waals surface area contributed by atoms with E-state index in [1.165, 1.54) is 19.2 Å². The van der Waals surface area contributed by atoms with Crippen LogP contribution in [-0.4, -0.2) is 40.3 Å². The van der Waals surface area contributed by atoms with Crippen LogP contribution < -0.4 is 0 Å². The van der Waals surface area contributed by atoms with Crippen molar-refractivity contribution < 1.29 is 24.5 Å². The Morgan fingerprint density at radius 1 is 1.04 bits per heavy atom. The van der Waals surface area contributed by atoms with E-state index in [2.05, 4.69) is 0 Å². The lowest BCUT2D eigenvalue weighted by atomic mass is 10.1. The molecule has 0 aliphatic carbocycles. The minimum Gasteiger partial charge on any atom is -0.508 e. The van der Waals surface area contributed by atoms with Gasteiger partial charge in [0.05, 0.1) is 0 Å². The topological polar surface area (TPSA) is 87.1 Å². The number of rotatable bonds is 6. The van der Waals surface area contributed by atoms with Gasteiger partial charge in [-0.05, 0) is 23.3 Å².